The van der Waals surface area contributed by atoms with Crippen LogP contribution >= 0.6 is 0 Å². The van der Waals surface area contributed by atoms with Gasteiger partial charge < -0.3 is 10.4 Å². The molecule has 1 amide bonds. The second kappa shape index (κ2) is 6.72. The van der Waals surface area contributed by atoms with Crippen molar-refractivity contribution in [2.24, 2.45) is 11.8 Å². The lowest BCUT2D eigenvalue weighted by atomic mass is 9.99. The van der Waals surface area contributed by atoms with E-state index in [1.165, 1.54) is 5.56 Å². The monoisotopic (exact) mass is 290 g/mol. The van der Waals surface area contributed by atoms with Crippen LogP contribution in [0.15, 0.2) is 24.3 Å². The van der Waals surface area contributed by atoms with E-state index in [9.17, 15) is 9.59 Å². The number of carboxylic acids is 1. The summed E-state index contributed by atoms with van der Waals surface area (Å²) in [6.45, 7) is 5.34. The predicted molar refractivity (Wildman–Crippen MR) is 81.2 cm³/mol. The van der Waals surface area contributed by atoms with Gasteiger partial charge in [0.2, 0.25) is 5.91 Å². The Hall–Kier alpha value is -1.88. The van der Waals surface area contributed by atoms with Gasteiger partial charge in [0.25, 0.3) is 0 Å². The van der Waals surface area contributed by atoms with E-state index in [1.54, 1.807) is 0 Å². The zero-order chi connectivity index (χ0) is 15.4. The van der Waals surface area contributed by atoms with Crippen molar-refractivity contribution in [1.82, 2.24) is 4.90 Å². The van der Waals surface area contributed by atoms with Gasteiger partial charge in [-0.2, -0.15) is 0 Å². The molecule has 2 rings (SSSR count). The summed E-state index contributed by atoms with van der Waals surface area (Å²) in [6, 6.07) is 7.77. The number of hydrogen-bond donors (Lipinski definition) is 2. The number of hydrogen-bond acceptors (Lipinski definition) is 3. The summed E-state index contributed by atoms with van der Waals surface area (Å²) >= 11 is 0. The van der Waals surface area contributed by atoms with Crippen LogP contribution < -0.4 is 5.32 Å². The highest BCUT2D eigenvalue weighted by molar-refractivity contribution is 5.92. The number of carboxylic acid groups (broad SMARTS) is 1. The fourth-order valence-electron chi connectivity index (χ4n) is 2.75. The maximum atomic E-state index is 12.0. The Kier molecular flexibility index (Phi) is 4.96. The highest BCUT2D eigenvalue weighted by Crippen LogP contribution is 2.22. The van der Waals surface area contributed by atoms with Crippen LogP contribution in [-0.4, -0.2) is 41.5 Å². The molecule has 0 unspecified atom stereocenters. The summed E-state index contributed by atoms with van der Waals surface area (Å²) < 4.78 is 0. The normalized spacial score (nSPS) is 22.2. The maximum Gasteiger partial charge on any atom is 0.308 e. The first kappa shape index (κ1) is 15.5. The number of carbonyl (C=O) groups is 2. The number of nitrogens with zero attached hydrogens (tertiary/aromatic N) is 1. The van der Waals surface area contributed by atoms with Crippen molar-refractivity contribution in [2.45, 2.75) is 20.3 Å². The summed E-state index contributed by atoms with van der Waals surface area (Å²) in [5.41, 5.74) is 2.00. The average molecular weight is 290 g/mol. The Labute approximate surface area is 125 Å². The van der Waals surface area contributed by atoms with Crippen LogP contribution in [0.2, 0.25) is 0 Å². The lowest BCUT2D eigenvalue weighted by molar-refractivity contribution is -0.142. The first-order valence-electron chi connectivity index (χ1n) is 7.33. The molecule has 5 nitrogen and oxygen atoms in total. The molecule has 0 aromatic heterocycles. The van der Waals surface area contributed by atoms with E-state index in [4.69, 9.17) is 5.11 Å². The number of nitrogens with one attached hydrogen (secondary N) is 1. The van der Waals surface area contributed by atoms with Gasteiger partial charge in [-0.05, 0) is 30.0 Å². The fraction of sp³-hybridized carbons (Fsp3) is 0.500. The van der Waals surface area contributed by atoms with Gasteiger partial charge >= 0.3 is 5.97 Å². The minimum Gasteiger partial charge on any atom is -0.481 e. The third kappa shape index (κ3) is 4.04. The smallest absolute Gasteiger partial charge is 0.308 e. The van der Waals surface area contributed by atoms with Crippen molar-refractivity contribution >= 4 is 17.6 Å². The first-order chi connectivity index (χ1) is 9.99. The highest BCUT2D eigenvalue weighted by Gasteiger charge is 2.35. The van der Waals surface area contributed by atoms with E-state index < -0.39 is 5.97 Å². The minimum atomic E-state index is -0.777. The predicted octanol–water partition coefficient (Wildman–Crippen LogP) is 1.84. The quantitative estimate of drug-likeness (QED) is 0.868. The molecule has 1 heterocycles. The molecule has 0 bridgehead atoms. The van der Waals surface area contributed by atoms with Crippen LogP contribution in [0.1, 0.15) is 19.4 Å². The maximum absolute atomic E-state index is 12.0. The van der Waals surface area contributed by atoms with Crippen molar-refractivity contribution in [2.75, 3.05) is 25.0 Å². The summed E-state index contributed by atoms with van der Waals surface area (Å²) in [5.74, 6) is -1.17. The van der Waals surface area contributed by atoms with Gasteiger partial charge in [0.15, 0.2) is 0 Å². The number of likely N-dealkylation sites (tertiary alicyclic amines) is 1. The molecule has 2 atom stereocenters. The Morgan fingerprint density at radius 1 is 1.29 bits per heavy atom. The Bertz CT molecular complexity index is 513. The lowest BCUT2D eigenvalue weighted by Crippen LogP contribution is -2.32. The molecular formula is C16H22N2O3. The standard InChI is InChI=1S/C16H22N2O3/c1-3-12-4-6-13(7-5-12)17-15(19)10-18-8-11(2)14(9-18)16(20)21/h4-7,11,14H,3,8-10H2,1-2H3,(H,17,19)(H,20,21)/t11-,14-/m1/s1. The third-order valence-corrected chi connectivity index (χ3v) is 4.02. The van der Waals surface area contributed by atoms with Crippen molar-refractivity contribution < 1.29 is 14.7 Å². The van der Waals surface area contributed by atoms with Gasteiger partial charge in [0.1, 0.15) is 0 Å². The second-order valence-corrected chi connectivity index (χ2v) is 5.71. The number of aliphatic carboxylic acids is 1. The zero-order valence-electron chi connectivity index (χ0n) is 12.5. The Morgan fingerprint density at radius 2 is 1.95 bits per heavy atom. The van der Waals surface area contributed by atoms with Gasteiger partial charge in [0, 0.05) is 18.8 Å². The van der Waals surface area contributed by atoms with Crippen molar-refractivity contribution in [1.29, 1.82) is 0 Å². The van der Waals surface area contributed by atoms with E-state index in [0.29, 0.717) is 13.1 Å². The summed E-state index contributed by atoms with van der Waals surface area (Å²) in [4.78, 5) is 25.0. The molecule has 2 N–H and O–H groups in total. The molecule has 0 radical (unpaired) electrons. The lowest BCUT2D eigenvalue weighted by Gasteiger charge is -2.15. The third-order valence-electron chi connectivity index (χ3n) is 4.02. The number of rotatable bonds is 5. The van der Waals surface area contributed by atoms with E-state index in [1.807, 2.05) is 36.1 Å². The molecule has 0 aliphatic carbocycles. The van der Waals surface area contributed by atoms with Gasteiger partial charge in [-0.3, -0.25) is 14.5 Å². The molecule has 1 aliphatic rings. The average Bonchev–Trinajstić information content (AvgIpc) is 2.80. The van der Waals surface area contributed by atoms with Crippen LogP contribution in [0.25, 0.3) is 0 Å². The van der Waals surface area contributed by atoms with E-state index in [0.717, 1.165) is 12.1 Å². The molecule has 114 valence electrons. The van der Waals surface area contributed by atoms with Crippen LogP contribution in [0.4, 0.5) is 5.69 Å². The van der Waals surface area contributed by atoms with Crippen LogP contribution in [0.3, 0.4) is 0 Å². The summed E-state index contributed by atoms with van der Waals surface area (Å²) in [7, 11) is 0. The van der Waals surface area contributed by atoms with Gasteiger partial charge in [-0.25, -0.2) is 0 Å². The van der Waals surface area contributed by atoms with Crippen LogP contribution in [0.5, 0.6) is 0 Å². The molecule has 1 aromatic carbocycles. The second-order valence-electron chi connectivity index (χ2n) is 5.71. The van der Waals surface area contributed by atoms with E-state index in [-0.39, 0.29) is 24.3 Å². The van der Waals surface area contributed by atoms with Crippen molar-refractivity contribution in [3.05, 3.63) is 29.8 Å². The number of anilines is 1. The number of benzene rings is 1. The molecule has 1 aromatic rings. The van der Waals surface area contributed by atoms with Crippen LogP contribution in [0, 0.1) is 11.8 Å². The molecule has 0 saturated carbocycles. The minimum absolute atomic E-state index is 0.0825. The highest BCUT2D eigenvalue weighted by atomic mass is 16.4. The molecule has 0 spiro atoms. The molecular weight excluding hydrogens is 268 g/mol. The molecule has 1 fully saturated rings. The SMILES string of the molecule is CCc1ccc(NC(=O)CN2C[C@@H](C)[C@H](C(=O)O)C2)cc1. The Morgan fingerprint density at radius 3 is 2.48 bits per heavy atom. The zero-order valence-corrected chi connectivity index (χ0v) is 12.5. The molecule has 1 saturated heterocycles. The first-order valence-corrected chi connectivity index (χ1v) is 7.33. The van der Waals surface area contributed by atoms with E-state index >= 15 is 0 Å². The summed E-state index contributed by atoms with van der Waals surface area (Å²) in [5, 5.41) is 11.9. The van der Waals surface area contributed by atoms with Gasteiger partial charge in [-0.1, -0.05) is 26.0 Å². The van der Waals surface area contributed by atoms with E-state index in [2.05, 4.69) is 12.2 Å². The Balaban J connectivity index is 1.86. The largest absolute Gasteiger partial charge is 0.481 e. The number of aryl methyl sites for hydroxylation is 1. The molecule has 1 aliphatic heterocycles. The number of amides is 1. The van der Waals surface area contributed by atoms with Crippen LogP contribution in [-0.2, 0) is 16.0 Å². The van der Waals surface area contributed by atoms with Crippen molar-refractivity contribution in [3.8, 4) is 0 Å². The topological polar surface area (TPSA) is 69.6 Å². The fourth-order valence-corrected chi connectivity index (χ4v) is 2.75. The number of carbonyl (C=O) groups excluding carboxylic acids is 1. The van der Waals surface area contributed by atoms with Crippen molar-refractivity contribution in [3.63, 3.8) is 0 Å². The van der Waals surface area contributed by atoms with Gasteiger partial charge in [-0.15, -0.1) is 0 Å². The molecule has 21 heavy (non-hydrogen) atoms. The van der Waals surface area contributed by atoms with Gasteiger partial charge in [0.05, 0.1) is 12.5 Å². The molecule has 5 heteroatoms. The summed E-state index contributed by atoms with van der Waals surface area (Å²) in [6.07, 6.45) is 0.969.